The van der Waals surface area contributed by atoms with E-state index in [1.807, 2.05) is 19.9 Å². The molecule has 0 radical (unpaired) electrons. The number of nitrogens with one attached hydrogen (secondary N) is 1. The second kappa shape index (κ2) is 4.28. The van der Waals surface area contributed by atoms with Gasteiger partial charge in [-0.15, -0.1) is 0 Å². The molecule has 0 atom stereocenters. The number of ether oxygens (including phenoxy) is 1. The number of fused-ring (bicyclic) bond motifs is 1. The van der Waals surface area contributed by atoms with E-state index in [1.165, 1.54) is 0 Å². The molecule has 0 amide bonds. The van der Waals surface area contributed by atoms with Crippen LogP contribution in [0, 0.1) is 0 Å². The molecule has 0 saturated carbocycles. The summed E-state index contributed by atoms with van der Waals surface area (Å²) in [5.41, 5.74) is 1.65. The van der Waals surface area contributed by atoms with Crippen molar-refractivity contribution in [1.29, 1.82) is 0 Å². The number of pyridine rings is 1. The van der Waals surface area contributed by atoms with E-state index in [0.717, 1.165) is 21.5 Å². The zero-order valence-electron chi connectivity index (χ0n) is 8.62. The van der Waals surface area contributed by atoms with Crippen LogP contribution in [0.4, 0.5) is 0 Å². The van der Waals surface area contributed by atoms with Crippen LogP contribution >= 0.6 is 15.9 Å². The highest BCUT2D eigenvalue weighted by molar-refractivity contribution is 9.10. The van der Waals surface area contributed by atoms with Gasteiger partial charge in [-0.3, -0.25) is 0 Å². The molecule has 15 heavy (non-hydrogen) atoms. The Hall–Kier alpha value is -0.940. The quantitative estimate of drug-likeness (QED) is 0.932. The first-order chi connectivity index (χ1) is 7.15. The average Bonchev–Trinajstić information content (AvgIpc) is 2.56. The van der Waals surface area contributed by atoms with E-state index in [0.29, 0.717) is 6.61 Å². The summed E-state index contributed by atoms with van der Waals surface area (Å²) in [6.45, 7) is 4.49. The maximum absolute atomic E-state index is 5.45. The Morgan fingerprint density at radius 3 is 3.07 bits per heavy atom. The van der Waals surface area contributed by atoms with Crippen molar-refractivity contribution in [2.75, 3.05) is 0 Å². The Bertz CT molecular complexity index is 467. The monoisotopic (exact) mass is 269 g/mol. The normalized spacial score (nSPS) is 11.5. The minimum atomic E-state index is 0.206. The van der Waals surface area contributed by atoms with Crippen LogP contribution in [0.3, 0.4) is 0 Å². The second-order valence-corrected chi connectivity index (χ2v) is 4.48. The van der Waals surface area contributed by atoms with Crippen molar-refractivity contribution in [3.05, 3.63) is 22.6 Å². The van der Waals surface area contributed by atoms with Gasteiger partial charge < -0.3 is 9.72 Å². The van der Waals surface area contributed by atoms with Gasteiger partial charge in [-0.25, -0.2) is 9.97 Å². The molecule has 0 bridgehead atoms. The van der Waals surface area contributed by atoms with E-state index in [-0.39, 0.29) is 6.10 Å². The van der Waals surface area contributed by atoms with Crippen molar-refractivity contribution in [3.8, 4) is 0 Å². The van der Waals surface area contributed by atoms with E-state index in [1.54, 1.807) is 6.20 Å². The molecular weight excluding hydrogens is 258 g/mol. The SMILES string of the molecule is CC(C)OCc1nc2ncc(Br)cc2[nH]1. The minimum Gasteiger partial charge on any atom is -0.371 e. The van der Waals surface area contributed by atoms with Gasteiger partial charge in [-0.1, -0.05) is 0 Å². The van der Waals surface area contributed by atoms with Crippen LogP contribution in [-0.2, 0) is 11.3 Å². The van der Waals surface area contributed by atoms with Gasteiger partial charge in [-0.2, -0.15) is 0 Å². The van der Waals surface area contributed by atoms with Gasteiger partial charge in [0, 0.05) is 10.7 Å². The van der Waals surface area contributed by atoms with Crippen LogP contribution in [0.25, 0.3) is 11.2 Å². The number of aromatic amines is 1. The minimum absolute atomic E-state index is 0.206. The molecule has 80 valence electrons. The number of rotatable bonds is 3. The molecule has 2 aromatic heterocycles. The zero-order valence-corrected chi connectivity index (χ0v) is 10.2. The average molecular weight is 270 g/mol. The molecule has 0 aromatic carbocycles. The van der Waals surface area contributed by atoms with E-state index in [2.05, 4.69) is 30.9 Å². The predicted octanol–water partition coefficient (Wildman–Crippen LogP) is 2.65. The van der Waals surface area contributed by atoms with E-state index >= 15 is 0 Å². The lowest BCUT2D eigenvalue weighted by Gasteiger charge is -2.03. The summed E-state index contributed by atoms with van der Waals surface area (Å²) >= 11 is 3.36. The van der Waals surface area contributed by atoms with E-state index in [9.17, 15) is 0 Å². The van der Waals surface area contributed by atoms with Crippen molar-refractivity contribution in [2.45, 2.75) is 26.6 Å². The van der Waals surface area contributed by atoms with E-state index < -0.39 is 0 Å². The van der Waals surface area contributed by atoms with Crippen LogP contribution in [0.5, 0.6) is 0 Å². The highest BCUT2D eigenvalue weighted by atomic mass is 79.9. The van der Waals surface area contributed by atoms with Crippen LogP contribution in [0.2, 0.25) is 0 Å². The van der Waals surface area contributed by atoms with Crippen molar-refractivity contribution in [3.63, 3.8) is 0 Å². The molecule has 0 spiro atoms. The van der Waals surface area contributed by atoms with Gasteiger partial charge in [0.15, 0.2) is 5.65 Å². The predicted molar refractivity (Wildman–Crippen MR) is 61.5 cm³/mol. The summed E-state index contributed by atoms with van der Waals surface area (Å²) in [5.74, 6) is 0.810. The number of aromatic nitrogens is 3. The molecule has 0 aliphatic carbocycles. The Morgan fingerprint density at radius 2 is 2.33 bits per heavy atom. The smallest absolute Gasteiger partial charge is 0.177 e. The number of halogens is 1. The molecule has 2 rings (SSSR count). The lowest BCUT2D eigenvalue weighted by molar-refractivity contribution is 0.0618. The van der Waals surface area contributed by atoms with Crippen LogP contribution in [-0.4, -0.2) is 21.1 Å². The first kappa shape index (κ1) is 10.6. The fourth-order valence-electron chi connectivity index (χ4n) is 1.24. The number of nitrogens with zero attached hydrogens (tertiary/aromatic N) is 2. The zero-order chi connectivity index (χ0) is 10.8. The maximum Gasteiger partial charge on any atom is 0.177 e. The van der Waals surface area contributed by atoms with Gasteiger partial charge in [-0.05, 0) is 35.8 Å². The molecule has 0 fully saturated rings. The summed E-state index contributed by atoms with van der Waals surface area (Å²) < 4.78 is 6.39. The Kier molecular flexibility index (Phi) is 3.02. The fourth-order valence-corrected chi connectivity index (χ4v) is 1.57. The number of imidazole rings is 1. The number of H-pyrrole nitrogens is 1. The van der Waals surface area contributed by atoms with E-state index in [4.69, 9.17) is 4.74 Å². The van der Waals surface area contributed by atoms with Crippen molar-refractivity contribution < 1.29 is 4.74 Å². The van der Waals surface area contributed by atoms with Gasteiger partial charge in [0.25, 0.3) is 0 Å². The first-order valence-electron chi connectivity index (χ1n) is 4.77. The molecule has 4 nitrogen and oxygen atoms in total. The number of hydrogen-bond acceptors (Lipinski definition) is 3. The Balaban J connectivity index is 2.23. The van der Waals surface area contributed by atoms with Crippen molar-refractivity contribution in [1.82, 2.24) is 15.0 Å². The Labute approximate surface area is 96.2 Å². The third-order valence-electron chi connectivity index (χ3n) is 1.91. The van der Waals surface area contributed by atoms with Crippen molar-refractivity contribution >= 4 is 27.1 Å². The molecular formula is C10H12BrN3O. The van der Waals surface area contributed by atoms with Crippen molar-refractivity contribution in [2.24, 2.45) is 0 Å². The largest absolute Gasteiger partial charge is 0.371 e. The fraction of sp³-hybridized carbons (Fsp3) is 0.400. The maximum atomic E-state index is 5.45. The third kappa shape index (κ3) is 2.54. The molecule has 2 heterocycles. The summed E-state index contributed by atoms with van der Waals surface area (Å²) in [6.07, 6.45) is 1.94. The lowest BCUT2D eigenvalue weighted by atomic mass is 10.4. The lowest BCUT2D eigenvalue weighted by Crippen LogP contribution is -2.03. The highest BCUT2D eigenvalue weighted by Gasteiger charge is 2.04. The molecule has 0 aliphatic heterocycles. The summed E-state index contributed by atoms with van der Waals surface area (Å²) in [6, 6.07) is 1.95. The Morgan fingerprint density at radius 1 is 1.53 bits per heavy atom. The van der Waals surface area contributed by atoms with Gasteiger partial charge in [0.1, 0.15) is 12.4 Å². The summed E-state index contributed by atoms with van der Waals surface area (Å²) in [4.78, 5) is 11.7. The van der Waals surface area contributed by atoms with Crippen LogP contribution in [0.15, 0.2) is 16.7 Å². The molecule has 5 heteroatoms. The third-order valence-corrected chi connectivity index (χ3v) is 2.34. The topological polar surface area (TPSA) is 50.8 Å². The molecule has 0 aliphatic rings. The standard InChI is InChI=1S/C10H12BrN3O/c1-6(2)15-5-9-13-8-3-7(11)4-12-10(8)14-9/h3-4,6H,5H2,1-2H3,(H,12,13,14). The highest BCUT2D eigenvalue weighted by Crippen LogP contribution is 2.15. The second-order valence-electron chi connectivity index (χ2n) is 3.57. The molecule has 0 unspecified atom stereocenters. The molecule has 1 N–H and O–H groups in total. The number of hydrogen-bond donors (Lipinski definition) is 1. The molecule has 0 saturated heterocycles. The van der Waals surface area contributed by atoms with Crippen LogP contribution in [0.1, 0.15) is 19.7 Å². The molecule has 2 aromatic rings. The summed E-state index contributed by atoms with van der Waals surface area (Å²) in [7, 11) is 0. The van der Waals surface area contributed by atoms with Crippen LogP contribution < -0.4 is 0 Å². The first-order valence-corrected chi connectivity index (χ1v) is 5.56. The summed E-state index contributed by atoms with van der Waals surface area (Å²) in [5, 5.41) is 0. The van der Waals surface area contributed by atoms with Gasteiger partial charge >= 0.3 is 0 Å². The van der Waals surface area contributed by atoms with Gasteiger partial charge in [0.2, 0.25) is 0 Å². The van der Waals surface area contributed by atoms with Gasteiger partial charge in [0.05, 0.1) is 11.6 Å².